The lowest BCUT2D eigenvalue weighted by Gasteiger charge is -2.20. The predicted octanol–water partition coefficient (Wildman–Crippen LogP) is 3.99. The summed E-state index contributed by atoms with van der Waals surface area (Å²) in [6, 6.07) is 13.3. The highest BCUT2D eigenvalue weighted by Crippen LogP contribution is 2.29. The first kappa shape index (κ1) is 18.1. The van der Waals surface area contributed by atoms with Gasteiger partial charge in [-0.25, -0.2) is 8.78 Å². The van der Waals surface area contributed by atoms with E-state index in [1.807, 2.05) is 30.3 Å². The summed E-state index contributed by atoms with van der Waals surface area (Å²) in [5, 5.41) is 0. The van der Waals surface area contributed by atoms with E-state index in [1.54, 1.807) is 17.3 Å². The molecule has 1 aromatic heterocycles. The van der Waals surface area contributed by atoms with E-state index in [4.69, 9.17) is 4.74 Å². The van der Waals surface area contributed by atoms with Crippen molar-refractivity contribution in [3.63, 3.8) is 0 Å². The molecule has 0 spiro atoms. The smallest absolute Gasteiger partial charge is 0.227 e. The Kier molecular flexibility index (Phi) is 5.02. The zero-order chi connectivity index (χ0) is 19.5. The average molecular weight is 380 g/mol. The van der Waals surface area contributed by atoms with Crippen LogP contribution in [0.4, 0.5) is 8.78 Å². The third-order valence-corrected chi connectivity index (χ3v) is 4.75. The summed E-state index contributed by atoms with van der Waals surface area (Å²) in [5.41, 5.74) is 3.40. The van der Waals surface area contributed by atoms with Crippen LogP contribution in [0.15, 0.2) is 60.9 Å². The minimum atomic E-state index is -0.947. The molecule has 4 rings (SSSR count). The van der Waals surface area contributed by atoms with Crippen LogP contribution in [0.5, 0.6) is 5.75 Å². The Labute approximate surface area is 161 Å². The first-order valence-corrected chi connectivity index (χ1v) is 8.98. The Morgan fingerprint density at radius 1 is 1.00 bits per heavy atom. The van der Waals surface area contributed by atoms with Gasteiger partial charge in [-0.15, -0.1) is 0 Å². The van der Waals surface area contributed by atoms with Crippen molar-refractivity contribution in [3.8, 4) is 16.9 Å². The van der Waals surface area contributed by atoms with Crippen LogP contribution in [-0.4, -0.2) is 28.9 Å². The van der Waals surface area contributed by atoms with Gasteiger partial charge in [-0.2, -0.15) is 0 Å². The highest BCUT2D eigenvalue weighted by atomic mass is 19.2. The van der Waals surface area contributed by atoms with Gasteiger partial charge in [-0.3, -0.25) is 9.78 Å². The SMILES string of the molecule is O=C(Cc1ccc(F)c(F)c1)N1CCOc2ccc(-c3ccncc3)cc2C1. The molecule has 4 nitrogen and oxygen atoms in total. The van der Waals surface area contributed by atoms with Gasteiger partial charge in [0.1, 0.15) is 12.4 Å². The standard InChI is InChI=1S/C22H18F2N2O2/c23-19-3-1-15(11-20(19)24)12-22(27)26-9-10-28-21-4-2-17(13-18(21)14-26)16-5-7-25-8-6-16/h1-8,11,13H,9-10,12,14H2. The van der Waals surface area contributed by atoms with Crippen molar-refractivity contribution in [1.82, 2.24) is 9.88 Å². The summed E-state index contributed by atoms with van der Waals surface area (Å²) in [4.78, 5) is 18.4. The molecule has 0 saturated carbocycles. The molecule has 2 aromatic carbocycles. The molecule has 0 unspecified atom stereocenters. The van der Waals surface area contributed by atoms with Crippen molar-refractivity contribution in [1.29, 1.82) is 0 Å². The van der Waals surface area contributed by atoms with Crippen LogP contribution >= 0.6 is 0 Å². The number of pyridine rings is 1. The summed E-state index contributed by atoms with van der Waals surface area (Å²) in [6.07, 6.45) is 3.47. The lowest BCUT2D eigenvalue weighted by Crippen LogP contribution is -2.33. The number of rotatable bonds is 3. The molecule has 1 aliphatic rings. The van der Waals surface area contributed by atoms with E-state index < -0.39 is 11.6 Å². The molecule has 1 aliphatic heterocycles. The molecule has 142 valence electrons. The molecular weight excluding hydrogens is 362 g/mol. The van der Waals surface area contributed by atoms with E-state index >= 15 is 0 Å². The third kappa shape index (κ3) is 3.86. The molecule has 0 N–H and O–H groups in total. The molecule has 0 aliphatic carbocycles. The van der Waals surface area contributed by atoms with Gasteiger partial charge >= 0.3 is 0 Å². The van der Waals surface area contributed by atoms with Crippen LogP contribution in [0.3, 0.4) is 0 Å². The Morgan fingerprint density at radius 3 is 2.61 bits per heavy atom. The van der Waals surface area contributed by atoms with Crippen molar-refractivity contribution in [2.45, 2.75) is 13.0 Å². The van der Waals surface area contributed by atoms with Crippen LogP contribution in [-0.2, 0) is 17.8 Å². The summed E-state index contributed by atoms with van der Waals surface area (Å²) in [5.74, 6) is -1.27. The Morgan fingerprint density at radius 2 is 1.82 bits per heavy atom. The van der Waals surface area contributed by atoms with E-state index in [1.165, 1.54) is 6.07 Å². The van der Waals surface area contributed by atoms with E-state index in [0.29, 0.717) is 25.3 Å². The molecule has 0 fully saturated rings. The number of halogens is 2. The Hall–Kier alpha value is -3.28. The minimum absolute atomic E-state index is 0.0105. The van der Waals surface area contributed by atoms with E-state index in [0.717, 1.165) is 34.6 Å². The van der Waals surface area contributed by atoms with Crippen LogP contribution in [0.2, 0.25) is 0 Å². The first-order chi connectivity index (χ1) is 13.6. The number of carbonyl (C=O) groups excluding carboxylic acids is 1. The number of fused-ring (bicyclic) bond motifs is 1. The topological polar surface area (TPSA) is 42.4 Å². The number of amides is 1. The lowest BCUT2D eigenvalue weighted by molar-refractivity contribution is -0.131. The fourth-order valence-electron chi connectivity index (χ4n) is 3.27. The van der Waals surface area contributed by atoms with Gasteiger partial charge in [0.05, 0.1) is 13.0 Å². The molecule has 6 heteroatoms. The maximum Gasteiger partial charge on any atom is 0.227 e. The highest BCUT2D eigenvalue weighted by Gasteiger charge is 2.21. The van der Waals surface area contributed by atoms with Crippen molar-refractivity contribution in [2.24, 2.45) is 0 Å². The van der Waals surface area contributed by atoms with E-state index in [9.17, 15) is 13.6 Å². The van der Waals surface area contributed by atoms with Gasteiger partial charge < -0.3 is 9.64 Å². The molecule has 0 atom stereocenters. The van der Waals surface area contributed by atoms with Gasteiger partial charge in [0.2, 0.25) is 5.91 Å². The number of aromatic nitrogens is 1. The van der Waals surface area contributed by atoms with Gasteiger partial charge in [-0.05, 0) is 53.1 Å². The summed E-state index contributed by atoms with van der Waals surface area (Å²) in [7, 11) is 0. The zero-order valence-electron chi connectivity index (χ0n) is 15.1. The van der Waals surface area contributed by atoms with Crippen molar-refractivity contribution in [3.05, 3.63) is 83.7 Å². The van der Waals surface area contributed by atoms with Crippen molar-refractivity contribution < 1.29 is 18.3 Å². The first-order valence-electron chi connectivity index (χ1n) is 8.98. The summed E-state index contributed by atoms with van der Waals surface area (Å²) in [6.45, 7) is 1.21. The molecular formula is C22H18F2N2O2. The van der Waals surface area contributed by atoms with Gasteiger partial charge in [-0.1, -0.05) is 12.1 Å². The molecule has 3 aromatic rings. The Bertz CT molecular complexity index is 1010. The largest absolute Gasteiger partial charge is 0.491 e. The molecule has 1 amide bonds. The van der Waals surface area contributed by atoms with E-state index in [2.05, 4.69) is 4.98 Å². The number of hydrogen-bond acceptors (Lipinski definition) is 3. The normalized spacial score (nSPS) is 13.4. The summed E-state index contributed by atoms with van der Waals surface area (Å²) < 4.78 is 32.3. The van der Waals surface area contributed by atoms with Crippen LogP contribution < -0.4 is 4.74 Å². The quantitative estimate of drug-likeness (QED) is 0.690. The predicted molar refractivity (Wildman–Crippen MR) is 101 cm³/mol. The fraction of sp³-hybridized carbons (Fsp3) is 0.182. The number of benzene rings is 2. The number of carbonyl (C=O) groups is 1. The maximum atomic E-state index is 13.4. The number of nitrogens with zero attached hydrogens (tertiary/aromatic N) is 2. The van der Waals surface area contributed by atoms with Crippen molar-refractivity contribution in [2.75, 3.05) is 13.2 Å². The second-order valence-electron chi connectivity index (χ2n) is 6.65. The van der Waals surface area contributed by atoms with Gasteiger partial charge in [0.15, 0.2) is 11.6 Å². The third-order valence-electron chi connectivity index (χ3n) is 4.75. The molecule has 0 saturated heterocycles. The number of ether oxygens (including phenoxy) is 1. The molecule has 28 heavy (non-hydrogen) atoms. The number of hydrogen-bond donors (Lipinski definition) is 0. The van der Waals surface area contributed by atoms with Crippen molar-refractivity contribution >= 4 is 5.91 Å². The van der Waals surface area contributed by atoms with Gasteiger partial charge in [0, 0.05) is 24.5 Å². The van der Waals surface area contributed by atoms with Crippen LogP contribution in [0, 0.1) is 11.6 Å². The maximum absolute atomic E-state index is 13.4. The monoisotopic (exact) mass is 380 g/mol. The molecule has 2 heterocycles. The van der Waals surface area contributed by atoms with Crippen LogP contribution in [0.1, 0.15) is 11.1 Å². The van der Waals surface area contributed by atoms with Gasteiger partial charge in [0.25, 0.3) is 0 Å². The average Bonchev–Trinajstić information content (AvgIpc) is 2.93. The molecule has 0 bridgehead atoms. The molecule has 0 radical (unpaired) electrons. The van der Waals surface area contributed by atoms with Crippen LogP contribution in [0.25, 0.3) is 11.1 Å². The second-order valence-corrected chi connectivity index (χ2v) is 6.65. The highest BCUT2D eigenvalue weighted by molar-refractivity contribution is 5.79. The fourth-order valence-corrected chi connectivity index (χ4v) is 3.27. The minimum Gasteiger partial charge on any atom is -0.491 e. The zero-order valence-corrected chi connectivity index (χ0v) is 15.1. The second kappa shape index (κ2) is 7.76. The summed E-state index contributed by atoms with van der Waals surface area (Å²) >= 11 is 0. The lowest BCUT2D eigenvalue weighted by atomic mass is 10.0. The Balaban J connectivity index is 1.55. The van der Waals surface area contributed by atoms with E-state index in [-0.39, 0.29) is 12.3 Å².